The number of ether oxygens (including phenoxy) is 1. The average Bonchev–Trinajstić information content (AvgIpc) is 2.79. The number of hydrogen-bond donors (Lipinski definition) is 1. The van der Waals surface area contributed by atoms with E-state index in [0.29, 0.717) is 4.47 Å². The van der Waals surface area contributed by atoms with E-state index in [2.05, 4.69) is 25.7 Å². The molecule has 2 atom stereocenters. The van der Waals surface area contributed by atoms with E-state index in [-0.39, 0.29) is 18.7 Å². The summed E-state index contributed by atoms with van der Waals surface area (Å²) >= 11 is 3.24. The second-order valence-electron chi connectivity index (χ2n) is 4.22. The zero-order chi connectivity index (χ0) is 14.0. The Morgan fingerprint density at radius 2 is 2.32 bits per heavy atom. The number of pyridine rings is 1. The minimum absolute atomic E-state index is 0.0988. The Morgan fingerprint density at radius 1 is 1.58 bits per heavy atom. The third kappa shape index (κ3) is 2.76. The summed E-state index contributed by atoms with van der Waals surface area (Å²) in [6.45, 7) is 0.0988. The van der Waals surface area contributed by atoms with Gasteiger partial charge in [0.1, 0.15) is 11.7 Å². The van der Waals surface area contributed by atoms with Crippen LogP contribution in [0, 0.1) is 0 Å². The number of methoxy groups -OCH3 is 1. The van der Waals surface area contributed by atoms with Gasteiger partial charge in [-0.3, -0.25) is 4.79 Å². The standard InChI is InChI=1S/C12H13BrN2O4/c1-19-12(18)9-5-7(16)6-15(9)11(17)10-8(13)3-2-4-14-10/h2-4,7,9,16H,5-6H2,1H3. The van der Waals surface area contributed by atoms with Crippen LogP contribution in [0.25, 0.3) is 0 Å². The number of carbonyl (C=O) groups excluding carboxylic acids is 2. The molecular formula is C12H13BrN2O4. The van der Waals surface area contributed by atoms with E-state index in [1.807, 2.05) is 0 Å². The van der Waals surface area contributed by atoms with E-state index in [9.17, 15) is 14.7 Å². The topological polar surface area (TPSA) is 79.7 Å². The Hall–Kier alpha value is -1.47. The summed E-state index contributed by atoms with van der Waals surface area (Å²) in [5.41, 5.74) is 0.213. The van der Waals surface area contributed by atoms with Gasteiger partial charge in [-0.15, -0.1) is 0 Å². The number of aliphatic hydroxyl groups excluding tert-OH is 1. The molecule has 0 saturated carbocycles. The monoisotopic (exact) mass is 328 g/mol. The van der Waals surface area contributed by atoms with E-state index < -0.39 is 24.0 Å². The van der Waals surface area contributed by atoms with Crippen LogP contribution in [0.1, 0.15) is 16.9 Å². The molecule has 0 aliphatic carbocycles. The third-order valence-corrected chi connectivity index (χ3v) is 3.61. The Balaban J connectivity index is 2.27. The third-order valence-electron chi connectivity index (χ3n) is 2.97. The molecule has 0 aromatic carbocycles. The fraction of sp³-hybridized carbons (Fsp3) is 0.417. The number of likely N-dealkylation sites (tertiary alicyclic amines) is 1. The quantitative estimate of drug-likeness (QED) is 0.804. The molecule has 2 heterocycles. The van der Waals surface area contributed by atoms with Gasteiger partial charge in [-0.25, -0.2) is 9.78 Å². The van der Waals surface area contributed by atoms with Crippen molar-refractivity contribution in [3.05, 3.63) is 28.5 Å². The van der Waals surface area contributed by atoms with E-state index in [1.54, 1.807) is 12.1 Å². The smallest absolute Gasteiger partial charge is 0.328 e. The maximum absolute atomic E-state index is 12.4. The summed E-state index contributed by atoms with van der Waals surface area (Å²) in [4.78, 5) is 29.3. The van der Waals surface area contributed by atoms with Crippen LogP contribution in [-0.2, 0) is 9.53 Å². The van der Waals surface area contributed by atoms with Crippen LogP contribution in [-0.4, -0.2) is 52.7 Å². The first-order valence-electron chi connectivity index (χ1n) is 5.72. The highest BCUT2D eigenvalue weighted by Crippen LogP contribution is 2.23. The molecule has 0 bridgehead atoms. The van der Waals surface area contributed by atoms with E-state index in [4.69, 9.17) is 0 Å². The number of aliphatic hydroxyl groups is 1. The van der Waals surface area contributed by atoms with Gasteiger partial charge in [-0.05, 0) is 28.1 Å². The highest BCUT2D eigenvalue weighted by atomic mass is 79.9. The van der Waals surface area contributed by atoms with Gasteiger partial charge < -0.3 is 14.7 Å². The summed E-state index contributed by atoms with van der Waals surface area (Å²) in [6, 6.07) is 2.62. The van der Waals surface area contributed by atoms with Crippen LogP contribution in [0.2, 0.25) is 0 Å². The maximum Gasteiger partial charge on any atom is 0.328 e. The molecule has 1 aromatic rings. The maximum atomic E-state index is 12.4. The molecule has 1 aromatic heterocycles. The van der Waals surface area contributed by atoms with Gasteiger partial charge in [0.15, 0.2) is 0 Å². The number of amides is 1. The first-order valence-corrected chi connectivity index (χ1v) is 6.51. The van der Waals surface area contributed by atoms with E-state index >= 15 is 0 Å². The minimum Gasteiger partial charge on any atom is -0.467 e. The van der Waals surface area contributed by atoms with Crippen LogP contribution in [0.5, 0.6) is 0 Å². The molecular weight excluding hydrogens is 316 g/mol. The number of nitrogens with zero attached hydrogens (tertiary/aromatic N) is 2. The molecule has 1 saturated heterocycles. The van der Waals surface area contributed by atoms with Crippen molar-refractivity contribution in [1.29, 1.82) is 0 Å². The van der Waals surface area contributed by atoms with Crippen molar-refractivity contribution in [2.24, 2.45) is 0 Å². The van der Waals surface area contributed by atoms with Gasteiger partial charge in [0.2, 0.25) is 0 Å². The van der Waals surface area contributed by atoms with Crippen molar-refractivity contribution in [2.45, 2.75) is 18.6 Å². The predicted octanol–water partition coefficient (Wildman–Crippen LogP) is 0.592. The molecule has 1 aliphatic heterocycles. The Kier molecular flexibility index (Phi) is 4.16. The first-order chi connectivity index (χ1) is 9.04. The number of aromatic nitrogens is 1. The van der Waals surface area contributed by atoms with Gasteiger partial charge in [0.05, 0.1) is 13.2 Å². The highest BCUT2D eigenvalue weighted by molar-refractivity contribution is 9.10. The van der Waals surface area contributed by atoms with Gasteiger partial charge in [0.25, 0.3) is 5.91 Å². The molecule has 2 rings (SSSR count). The van der Waals surface area contributed by atoms with Crippen molar-refractivity contribution in [3.63, 3.8) is 0 Å². The van der Waals surface area contributed by atoms with E-state index in [0.717, 1.165) is 0 Å². The Morgan fingerprint density at radius 3 is 2.95 bits per heavy atom. The molecule has 2 unspecified atom stereocenters. The SMILES string of the molecule is COC(=O)C1CC(O)CN1C(=O)c1ncccc1Br. The van der Waals surface area contributed by atoms with Crippen LogP contribution >= 0.6 is 15.9 Å². The van der Waals surface area contributed by atoms with Crippen molar-refractivity contribution >= 4 is 27.8 Å². The number of carbonyl (C=O) groups is 2. The minimum atomic E-state index is -0.763. The second kappa shape index (κ2) is 5.66. The molecule has 0 radical (unpaired) electrons. The van der Waals surface area contributed by atoms with Crippen molar-refractivity contribution in [3.8, 4) is 0 Å². The molecule has 6 nitrogen and oxygen atoms in total. The number of esters is 1. The molecule has 1 aliphatic rings. The van der Waals surface area contributed by atoms with Crippen molar-refractivity contribution < 1.29 is 19.4 Å². The van der Waals surface area contributed by atoms with Crippen LogP contribution < -0.4 is 0 Å². The lowest BCUT2D eigenvalue weighted by molar-refractivity contribution is -0.145. The number of β-amino-alcohol motifs (C(OH)–C–C–N with tert-alkyl or cyclic N) is 1. The Bertz CT molecular complexity index is 508. The summed E-state index contributed by atoms with van der Waals surface area (Å²) in [6.07, 6.45) is 0.955. The van der Waals surface area contributed by atoms with Crippen molar-refractivity contribution in [2.75, 3.05) is 13.7 Å². The first kappa shape index (κ1) is 14.0. The molecule has 1 N–H and O–H groups in total. The van der Waals surface area contributed by atoms with Crippen LogP contribution in [0.4, 0.5) is 0 Å². The number of halogens is 1. The molecule has 19 heavy (non-hydrogen) atoms. The predicted molar refractivity (Wildman–Crippen MR) is 69.4 cm³/mol. The zero-order valence-corrected chi connectivity index (χ0v) is 11.8. The number of rotatable bonds is 2. The Labute approximate surface area is 118 Å². The van der Waals surface area contributed by atoms with Gasteiger partial charge in [-0.1, -0.05) is 0 Å². The fourth-order valence-electron chi connectivity index (χ4n) is 2.08. The number of hydrogen-bond acceptors (Lipinski definition) is 5. The summed E-state index contributed by atoms with van der Waals surface area (Å²) in [5, 5.41) is 9.65. The van der Waals surface area contributed by atoms with Crippen molar-refractivity contribution in [1.82, 2.24) is 9.88 Å². The summed E-state index contributed by atoms with van der Waals surface area (Å²) < 4.78 is 5.20. The zero-order valence-electron chi connectivity index (χ0n) is 10.2. The lowest BCUT2D eigenvalue weighted by atomic mass is 10.2. The van der Waals surface area contributed by atoms with Gasteiger partial charge in [-0.2, -0.15) is 0 Å². The molecule has 1 amide bonds. The highest BCUT2D eigenvalue weighted by Gasteiger charge is 2.40. The lowest BCUT2D eigenvalue weighted by Gasteiger charge is -2.22. The summed E-state index contributed by atoms with van der Waals surface area (Å²) in [7, 11) is 1.26. The van der Waals surface area contributed by atoms with Crippen LogP contribution in [0.3, 0.4) is 0 Å². The molecule has 7 heteroatoms. The average molecular weight is 329 g/mol. The summed E-state index contributed by atoms with van der Waals surface area (Å²) in [5.74, 6) is -0.934. The fourth-order valence-corrected chi connectivity index (χ4v) is 2.50. The van der Waals surface area contributed by atoms with Crippen LogP contribution in [0.15, 0.2) is 22.8 Å². The second-order valence-corrected chi connectivity index (χ2v) is 5.07. The molecule has 1 fully saturated rings. The molecule has 102 valence electrons. The van der Waals surface area contributed by atoms with E-state index in [1.165, 1.54) is 18.2 Å². The largest absolute Gasteiger partial charge is 0.467 e. The van der Waals surface area contributed by atoms with Gasteiger partial charge in [0, 0.05) is 23.6 Å². The lowest BCUT2D eigenvalue weighted by Crippen LogP contribution is -2.41. The normalized spacial score (nSPS) is 22.4. The molecule has 0 spiro atoms. The van der Waals surface area contributed by atoms with Gasteiger partial charge >= 0.3 is 5.97 Å².